The molecule has 1 rings (SSSR count). The van der Waals surface area contributed by atoms with Crippen LogP contribution in [0.5, 0.6) is 5.75 Å². The third-order valence-electron chi connectivity index (χ3n) is 3.44. The van der Waals surface area contributed by atoms with E-state index >= 15 is 0 Å². The summed E-state index contributed by atoms with van der Waals surface area (Å²) in [5.74, 6) is 0.535. The summed E-state index contributed by atoms with van der Waals surface area (Å²) >= 11 is 5.73. The minimum atomic E-state index is -0.356. The molecule has 1 unspecified atom stereocenters. The van der Waals surface area contributed by atoms with Gasteiger partial charge in [0.1, 0.15) is 5.75 Å². The quantitative estimate of drug-likeness (QED) is 0.816. The average molecular weight is 298 g/mol. The summed E-state index contributed by atoms with van der Waals surface area (Å²) in [5.41, 5.74) is 7.58. The fourth-order valence-corrected chi connectivity index (χ4v) is 2.36. The van der Waals surface area contributed by atoms with Crippen molar-refractivity contribution >= 4 is 17.5 Å². The first-order valence-corrected chi connectivity index (χ1v) is 7.38. The SMILES string of the molecule is COc1ccc(C(C)(C)C)cc1C(CCCCl)C(N)=O. The molecule has 0 radical (unpaired) electrons. The third kappa shape index (κ3) is 4.14. The Morgan fingerprint density at radius 3 is 2.50 bits per heavy atom. The molecule has 0 aliphatic rings. The van der Waals surface area contributed by atoms with Gasteiger partial charge in [-0.05, 0) is 29.9 Å². The number of hydrogen-bond donors (Lipinski definition) is 1. The first-order valence-electron chi connectivity index (χ1n) is 6.85. The lowest BCUT2D eigenvalue weighted by atomic mass is 9.83. The van der Waals surface area contributed by atoms with Crippen LogP contribution in [0, 0.1) is 0 Å². The second-order valence-corrected chi connectivity index (χ2v) is 6.37. The van der Waals surface area contributed by atoms with E-state index in [1.54, 1.807) is 7.11 Å². The first kappa shape index (κ1) is 16.8. The van der Waals surface area contributed by atoms with E-state index in [0.29, 0.717) is 18.1 Å². The van der Waals surface area contributed by atoms with Crippen LogP contribution >= 0.6 is 11.6 Å². The molecule has 3 nitrogen and oxygen atoms in total. The Balaban J connectivity index is 3.26. The van der Waals surface area contributed by atoms with E-state index in [1.807, 2.05) is 18.2 Å². The molecule has 0 aliphatic carbocycles. The van der Waals surface area contributed by atoms with Gasteiger partial charge in [0.2, 0.25) is 5.91 Å². The number of primary amides is 1. The van der Waals surface area contributed by atoms with E-state index in [9.17, 15) is 4.79 Å². The topological polar surface area (TPSA) is 52.3 Å². The Kier molecular flexibility index (Phi) is 5.88. The van der Waals surface area contributed by atoms with E-state index in [2.05, 4.69) is 20.8 Å². The summed E-state index contributed by atoms with van der Waals surface area (Å²) in [6, 6.07) is 5.97. The van der Waals surface area contributed by atoms with Crippen LogP contribution in [0.4, 0.5) is 0 Å². The van der Waals surface area contributed by atoms with E-state index in [0.717, 1.165) is 17.5 Å². The largest absolute Gasteiger partial charge is 0.496 e. The van der Waals surface area contributed by atoms with Crippen molar-refractivity contribution in [1.82, 2.24) is 0 Å². The van der Waals surface area contributed by atoms with Crippen LogP contribution in [0.1, 0.15) is 50.7 Å². The van der Waals surface area contributed by atoms with Crippen molar-refractivity contribution in [3.05, 3.63) is 29.3 Å². The zero-order valence-corrected chi connectivity index (χ0v) is 13.5. The highest BCUT2D eigenvalue weighted by Gasteiger charge is 2.24. The molecular formula is C16H24ClNO2. The van der Waals surface area contributed by atoms with Crippen molar-refractivity contribution in [2.75, 3.05) is 13.0 Å². The molecule has 1 atom stereocenters. The molecule has 0 heterocycles. The van der Waals surface area contributed by atoms with Crippen molar-refractivity contribution in [3.8, 4) is 5.75 Å². The number of ether oxygens (including phenoxy) is 1. The van der Waals surface area contributed by atoms with Crippen molar-refractivity contribution in [2.45, 2.75) is 44.9 Å². The van der Waals surface area contributed by atoms with Gasteiger partial charge in [-0.3, -0.25) is 4.79 Å². The minimum absolute atomic E-state index is 0.00963. The predicted octanol–water partition coefficient (Wildman–Crippen LogP) is 3.58. The Hall–Kier alpha value is -1.22. The number of rotatable bonds is 6. The monoisotopic (exact) mass is 297 g/mol. The average Bonchev–Trinajstić information content (AvgIpc) is 2.37. The predicted molar refractivity (Wildman–Crippen MR) is 83.6 cm³/mol. The Morgan fingerprint density at radius 2 is 2.05 bits per heavy atom. The fraction of sp³-hybridized carbons (Fsp3) is 0.562. The number of methoxy groups -OCH3 is 1. The van der Waals surface area contributed by atoms with Crippen LogP contribution in [-0.2, 0) is 10.2 Å². The molecule has 1 aromatic carbocycles. The molecule has 112 valence electrons. The smallest absolute Gasteiger partial charge is 0.225 e. The zero-order valence-electron chi connectivity index (χ0n) is 12.7. The third-order valence-corrected chi connectivity index (χ3v) is 3.71. The van der Waals surface area contributed by atoms with Crippen LogP contribution in [0.3, 0.4) is 0 Å². The maximum atomic E-state index is 11.8. The summed E-state index contributed by atoms with van der Waals surface area (Å²) < 4.78 is 5.38. The minimum Gasteiger partial charge on any atom is -0.496 e. The molecule has 20 heavy (non-hydrogen) atoms. The van der Waals surface area contributed by atoms with Crippen molar-refractivity contribution in [1.29, 1.82) is 0 Å². The second-order valence-electron chi connectivity index (χ2n) is 5.99. The number of nitrogens with two attached hydrogens (primary N) is 1. The summed E-state index contributed by atoms with van der Waals surface area (Å²) in [6.07, 6.45) is 1.39. The van der Waals surface area contributed by atoms with Gasteiger partial charge < -0.3 is 10.5 Å². The highest BCUT2D eigenvalue weighted by molar-refractivity contribution is 6.17. The number of hydrogen-bond acceptors (Lipinski definition) is 2. The van der Waals surface area contributed by atoms with E-state index in [4.69, 9.17) is 22.1 Å². The Labute approximate surface area is 126 Å². The molecule has 0 bridgehead atoms. The van der Waals surface area contributed by atoms with Crippen molar-refractivity contribution < 1.29 is 9.53 Å². The van der Waals surface area contributed by atoms with Crippen molar-refractivity contribution in [3.63, 3.8) is 0 Å². The van der Waals surface area contributed by atoms with Gasteiger partial charge in [0.25, 0.3) is 0 Å². The van der Waals surface area contributed by atoms with Gasteiger partial charge in [-0.15, -0.1) is 11.6 Å². The van der Waals surface area contributed by atoms with Gasteiger partial charge in [-0.2, -0.15) is 0 Å². The summed E-state index contributed by atoms with van der Waals surface area (Å²) in [4.78, 5) is 11.8. The van der Waals surface area contributed by atoms with E-state index < -0.39 is 0 Å². The molecule has 2 N–H and O–H groups in total. The molecular weight excluding hydrogens is 274 g/mol. The van der Waals surface area contributed by atoms with Gasteiger partial charge in [0.15, 0.2) is 0 Å². The highest BCUT2D eigenvalue weighted by Crippen LogP contribution is 2.34. The van der Waals surface area contributed by atoms with Crippen LogP contribution in [0.15, 0.2) is 18.2 Å². The lowest BCUT2D eigenvalue weighted by Crippen LogP contribution is -2.23. The van der Waals surface area contributed by atoms with Crippen LogP contribution in [0.2, 0.25) is 0 Å². The molecule has 0 spiro atoms. The van der Waals surface area contributed by atoms with E-state index in [1.165, 1.54) is 0 Å². The van der Waals surface area contributed by atoms with Crippen molar-refractivity contribution in [2.24, 2.45) is 5.73 Å². The van der Waals surface area contributed by atoms with Gasteiger partial charge in [0.05, 0.1) is 13.0 Å². The number of halogens is 1. The first-order chi connectivity index (χ1) is 9.31. The Morgan fingerprint density at radius 1 is 1.40 bits per heavy atom. The summed E-state index contributed by atoms with van der Waals surface area (Å²) in [5, 5.41) is 0. The summed E-state index contributed by atoms with van der Waals surface area (Å²) in [7, 11) is 1.61. The fourth-order valence-electron chi connectivity index (χ4n) is 2.21. The molecule has 1 aromatic rings. The van der Waals surface area contributed by atoms with Crippen LogP contribution in [0.25, 0.3) is 0 Å². The zero-order chi connectivity index (χ0) is 15.3. The second kappa shape index (κ2) is 6.98. The van der Waals surface area contributed by atoms with Crippen LogP contribution in [-0.4, -0.2) is 18.9 Å². The molecule has 0 fully saturated rings. The van der Waals surface area contributed by atoms with Gasteiger partial charge in [0, 0.05) is 11.4 Å². The number of amides is 1. The molecule has 4 heteroatoms. The van der Waals surface area contributed by atoms with Crippen LogP contribution < -0.4 is 10.5 Å². The molecule has 0 saturated carbocycles. The van der Waals surface area contributed by atoms with Gasteiger partial charge in [-0.25, -0.2) is 0 Å². The lowest BCUT2D eigenvalue weighted by molar-refractivity contribution is -0.119. The van der Waals surface area contributed by atoms with Gasteiger partial charge >= 0.3 is 0 Å². The molecule has 0 saturated heterocycles. The lowest BCUT2D eigenvalue weighted by Gasteiger charge is -2.23. The normalized spacial score (nSPS) is 13.1. The number of carbonyl (C=O) groups is 1. The number of carbonyl (C=O) groups excluding carboxylic acids is 1. The standard InChI is InChI=1S/C16H24ClNO2/c1-16(2,3)11-7-8-14(20-4)13(10-11)12(15(18)19)6-5-9-17/h7-8,10,12H,5-6,9H2,1-4H3,(H2,18,19). The maximum absolute atomic E-state index is 11.8. The molecule has 0 aliphatic heterocycles. The highest BCUT2D eigenvalue weighted by atomic mass is 35.5. The Bertz CT molecular complexity index is 466. The number of alkyl halides is 1. The summed E-state index contributed by atoms with van der Waals surface area (Å²) in [6.45, 7) is 6.41. The maximum Gasteiger partial charge on any atom is 0.225 e. The molecule has 1 amide bonds. The van der Waals surface area contributed by atoms with E-state index in [-0.39, 0.29) is 17.2 Å². The number of benzene rings is 1. The van der Waals surface area contributed by atoms with Gasteiger partial charge in [-0.1, -0.05) is 32.9 Å². The molecule has 0 aromatic heterocycles.